The van der Waals surface area contributed by atoms with E-state index >= 15 is 0 Å². The number of esters is 1. The second kappa shape index (κ2) is 7.11. The van der Waals surface area contributed by atoms with E-state index in [1.165, 1.54) is 0 Å². The van der Waals surface area contributed by atoms with Gasteiger partial charge in [0.05, 0.1) is 6.61 Å². The van der Waals surface area contributed by atoms with Gasteiger partial charge in [0, 0.05) is 0 Å². The van der Waals surface area contributed by atoms with Crippen molar-refractivity contribution in [1.82, 2.24) is 5.32 Å². The molecule has 0 fully saturated rings. The van der Waals surface area contributed by atoms with E-state index in [-0.39, 0.29) is 18.9 Å². The minimum Gasteiger partial charge on any atom is -0.461 e. The second-order valence-electron chi connectivity index (χ2n) is 3.39. The Bertz CT molecular complexity index is 428. The fourth-order valence-electron chi connectivity index (χ4n) is 1.15. The minimum absolute atomic E-state index is 0.128. The molecule has 0 radical (unpaired) electrons. The van der Waals surface area contributed by atoms with Crippen LogP contribution in [-0.4, -0.2) is 18.7 Å². The van der Waals surface area contributed by atoms with Crippen molar-refractivity contribution in [2.24, 2.45) is 0 Å². The number of hydrogen-bond acceptors (Lipinski definition) is 4. The number of amides is 1. The van der Waals surface area contributed by atoms with E-state index in [0.717, 1.165) is 5.56 Å². The van der Waals surface area contributed by atoms with Crippen LogP contribution in [0.15, 0.2) is 42.6 Å². The third kappa shape index (κ3) is 4.69. The lowest BCUT2D eigenvalue weighted by Crippen LogP contribution is -2.28. The SMILES string of the molecule is C=C(NC(=O)OCc1ccccc1)C(=O)OCC. The van der Waals surface area contributed by atoms with Gasteiger partial charge < -0.3 is 9.47 Å². The van der Waals surface area contributed by atoms with Crippen LogP contribution in [0.2, 0.25) is 0 Å². The Morgan fingerprint density at radius 3 is 2.50 bits per heavy atom. The number of ether oxygens (including phenoxy) is 2. The predicted octanol–water partition coefficient (Wildman–Crippen LogP) is 1.99. The summed E-state index contributed by atoms with van der Waals surface area (Å²) in [5.41, 5.74) is 0.712. The molecule has 0 heterocycles. The van der Waals surface area contributed by atoms with Gasteiger partial charge in [0.2, 0.25) is 0 Å². The van der Waals surface area contributed by atoms with Crippen molar-refractivity contribution < 1.29 is 19.1 Å². The largest absolute Gasteiger partial charge is 0.461 e. The van der Waals surface area contributed by atoms with Gasteiger partial charge in [-0.2, -0.15) is 0 Å². The zero-order chi connectivity index (χ0) is 13.4. The lowest BCUT2D eigenvalue weighted by Gasteiger charge is -2.08. The number of rotatable bonds is 5. The fraction of sp³-hybridized carbons (Fsp3) is 0.231. The molecule has 0 unspecified atom stereocenters. The smallest absolute Gasteiger partial charge is 0.412 e. The van der Waals surface area contributed by atoms with Crippen LogP contribution in [-0.2, 0) is 20.9 Å². The molecule has 1 aromatic rings. The van der Waals surface area contributed by atoms with Crippen molar-refractivity contribution in [2.45, 2.75) is 13.5 Å². The fourth-order valence-corrected chi connectivity index (χ4v) is 1.15. The molecule has 0 aliphatic carbocycles. The molecule has 1 amide bonds. The van der Waals surface area contributed by atoms with Crippen LogP contribution >= 0.6 is 0 Å². The summed E-state index contributed by atoms with van der Waals surface area (Å²) in [5, 5.41) is 2.20. The van der Waals surface area contributed by atoms with Crippen molar-refractivity contribution in [2.75, 3.05) is 6.61 Å². The van der Waals surface area contributed by atoms with Gasteiger partial charge in [0.1, 0.15) is 12.3 Å². The second-order valence-corrected chi connectivity index (χ2v) is 3.39. The Morgan fingerprint density at radius 2 is 1.89 bits per heavy atom. The molecule has 0 saturated heterocycles. The molecule has 0 spiro atoms. The van der Waals surface area contributed by atoms with Gasteiger partial charge in [-0.05, 0) is 12.5 Å². The Kier molecular flexibility index (Phi) is 5.44. The third-order valence-electron chi connectivity index (χ3n) is 1.99. The summed E-state index contributed by atoms with van der Waals surface area (Å²) in [4.78, 5) is 22.5. The van der Waals surface area contributed by atoms with Gasteiger partial charge in [0.15, 0.2) is 0 Å². The first-order valence-corrected chi connectivity index (χ1v) is 5.47. The van der Waals surface area contributed by atoms with Crippen molar-refractivity contribution in [3.8, 4) is 0 Å². The van der Waals surface area contributed by atoms with E-state index in [4.69, 9.17) is 4.74 Å². The molecule has 1 N–H and O–H groups in total. The van der Waals surface area contributed by atoms with Gasteiger partial charge >= 0.3 is 12.1 Å². The lowest BCUT2D eigenvalue weighted by atomic mass is 10.2. The zero-order valence-corrected chi connectivity index (χ0v) is 10.1. The maximum absolute atomic E-state index is 11.3. The van der Waals surface area contributed by atoms with E-state index in [2.05, 4.69) is 16.6 Å². The minimum atomic E-state index is -0.739. The van der Waals surface area contributed by atoms with Crippen LogP contribution < -0.4 is 5.32 Å². The summed E-state index contributed by atoms with van der Waals surface area (Å²) >= 11 is 0. The average Bonchev–Trinajstić information content (AvgIpc) is 2.38. The molecule has 1 rings (SSSR count). The van der Waals surface area contributed by atoms with Gasteiger partial charge in [-0.1, -0.05) is 36.9 Å². The first-order chi connectivity index (χ1) is 8.63. The Morgan fingerprint density at radius 1 is 1.22 bits per heavy atom. The summed E-state index contributed by atoms with van der Waals surface area (Å²) in [6.07, 6.45) is -0.739. The van der Waals surface area contributed by atoms with Gasteiger partial charge in [-0.15, -0.1) is 0 Å². The maximum atomic E-state index is 11.3. The first-order valence-electron chi connectivity index (χ1n) is 5.47. The standard InChI is InChI=1S/C13H15NO4/c1-3-17-12(15)10(2)14-13(16)18-9-11-7-5-4-6-8-11/h4-8H,2-3,9H2,1H3,(H,14,16). The molecule has 5 heteroatoms. The van der Waals surface area contributed by atoms with Crippen molar-refractivity contribution in [1.29, 1.82) is 0 Å². The molecule has 0 saturated carbocycles. The molecular formula is C13H15NO4. The number of carbonyl (C=O) groups excluding carboxylic acids is 2. The first kappa shape index (κ1) is 13.8. The molecule has 1 aromatic carbocycles. The highest BCUT2D eigenvalue weighted by molar-refractivity contribution is 5.91. The number of alkyl carbamates (subject to hydrolysis) is 1. The van der Waals surface area contributed by atoms with Gasteiger partial charge in [0.25, 0.3) is 0 Å². The molecule has 0 bridgehead atoms. The zero-order valence-electron chi connectivity index (χ0n) is 10.1. The highest BCUT2D eigenvalue weighted by Crippen LogP contribution is 2.01. The quantitative estimate of drug-likeness (QED) is 0.640. The summed E-state index contributed by atoms with van der Waals surface area (Å²) in [6, 6.07) is 9.20. The number of nitrogens with one attached hydrogen (secondary N) is 1. The monoisotopic (exact) mass is 249 g/mol. The predicted molar refractivity (Wildman–Crippen MR) is 65.5 cm³/mol. The highest BCUT2D eigenvalue weighted by Gasteiger charge is 2.12. The topological polar surface area (TPSA) is 64.6 Å². The van der Waals surface area contributed by atoms with E-state index in [9.17, 15) is 9.59 Å². The number of hydrogen-bond donors (Lipinski definition) is 1. The van der Waals surface area contributed by atoms with Gasteiger partial charge in [-0.25, -0.2) is 9.59 Å². The van der Waals surface area contributed by atoms with Crippen LogP contribution in [0.4, 0.5) is 4.79 Å². The maximum Gasteiger partial charge on any atom is 0.412 e. The molecule has 0 aromatic heterocycles. The average molecular weight is 249 g/mol. The summed E-state index contributed by atoms with van der Waals surface area (Å²) in [5.74, 6) is -0.672. The number of benzene rings is 1. The van der Waals surface area contributed by atoms with Crippen molar-refractivity contribution in [3.05, 3.63) is 48.2 Å². The summed E-state index contributed by atoms with van der Waals surface area (Å²) in [6.45, 7) is 5.40. The van der Waals surface area contributed by atoms with Crippen LogP contribution in [0.5, 0.6) is 0 Å². The molecular weight excluding hydrogens is 234 g/mol. The number of carbonyl (C=O) groups is 2. The lowest BCUT2D eigenvalue weighted by molar-refractivity contribution is -0.138. The highest BCUT2D eigenvalue weighted by atomic mass is 16.6. The molecule has 5 nitrogen and oxygen atoms in total. The Hall–Kier alpha value is -2.30. The Balaban J connectivity index is 2.34. The normalized spacial score (nSPS) is 9.39. The Labute approximate surface area is 105 Å². The summed E-state index contributed by atoms with van der Waals surface area (Å²) in [7, 11) is 0. The molecule has 18 heavy (non-hydrogen) atoms. The van der Waals surface area contributed by atoms with Gasteiger partial charge in [-0.3, -0.25) is 5.32 Å². The van der Waals surface area contributed by atoms with Crippen LogP contribution in [0, 0.1) is 0 Å². The van der Waals surface area contributed by atoms with E-state index < -0.39 is 12.1 Å². The van der Waals surface area contributed by atoms with E-state index in [1.54, 1.807) is 6.92 Å². The van der Waals surface area contributed by atoms with Crippen molar-refractivity contribution >= 4 is 12.1 Å². The third-order valence-corrected chi connectivity index (χ3v) is 1.99. The summed E-state index contributed by atoms with van der Waals surface area (Å²) < 4.78 is 9.57. The van der Waals surface area contributed by atoms with Crippen LogP contribution in [0.3, 0.4) is 0 Å². The molecule has 0 aliphatic heterocycles. The molecule has 96 valence electrons. The van der Waals surface area contributed by atoms with E-state index in [1.807, 2.05) is 30.3 Å². The van der Waals surface area contributed by atoms with Crippen LogP contribution in [0.25, 0.3) is 0 Å². The molecule has 0 aliphatic rings. The molecule has 0 atom stereocenters. The van der Waals surface area contributed by atoms with E-state index in [0.29, 0.717) is 0 Å². The van der Waals surface area contributed by atoms with Crippen molar-refractivity contribution in [3.63, 3.8) is 0 Å². The van der Waals surface area contributed by atoms with Crippen LogP contribution in [0.1, 0.15) is 12.5 Å².